The van der Waals surface area contributed by atoms with Crippen LogP contribution in [-0.4, -0.2) is 33.0 Å². The number of hydrogen-bond donors (Lipinski definition) is 2. The molecule has 2 N–H and O–H groups in total. The van der Waals surface area contributed by atoms with Crippen molar-refractivity contribution < 1.29 is 19.7 Å². The average Bonchev–Trinajstić information content (AvgIpc) is 2.69. The largest absolute Gasteiger partial charge is 0.477 e. The summed E-state index contributed by atoms with van der Waals surface area (Å²) in [5, 5.41) is 33.3. The first-order valence-corrected chi connectivity index (χ1v) is 9.81. The molecule has 0 aliphatic heterocycles. The second-order valence-corrected chi connectivity index (χ2v) is 7.33. The van der Waals surface area contributed by atoms with Gasteiger partial charge in [-0.3, -0.25) is 20.2 Å². The summed E-state index contributed by atoms with van der Waals surface area (Å²) in [6.07, 6.45) is 14.6. The Hall–Kier alpha value is -2.55. The van der Waals surface area contributed by atoms with Gasteiger partial charge >= 0.3 is 17.3 Å². The van der Waals surface area contributed by atoms with E-state index in [1.54, 1.807) is 0 Å². The Labute approximate surface area is 163 Å². The molecule has 28 heavy (non-hydrogen) atoms. The van der Waals surface area contributed by atoms with Gasteiger partial charge in [0.15, 0.2) is 0 Å². The van der Waals surface area contributed by atoms with Crippen LogP contribution in [0.2, 0.25) is 0 Å². The maximum absolute atomic E-state index is 10.6. The normalized spacial score (nSPS) is 18.0. The van der Waals surface area contributed by atoms with E-state index in [0.29, 0.717) is 0 Å². The predicted molar refractivity (Wildman–Crippen MR) is 104 cm³/mol. The van der Waals surface area contributed by atoms with Crippen LogP contribution in [0.3, 0.4) is 0 Å². The van der Waals surface area contributed by atoms with Crippen LogP contribution >= 0.6 is 0 Å². The summed E-state index contributed by atoms with van der Waals surface area (Å²) < 4.78 is 0. The van der Waals surface area contributed by atoms with Gasteiger partial charge in [0.05, 0.1) is 9.85 Å². The van der Waals surface area contributed by atoms with Crippen molar-refractivity contribution in [2.24, 2.45) is 0 Å². The fourth-order valence-electron chi connectivity index (χ4n) is 3.91. The van der Waals surface area contributed by atoms with Gasteiger partial charge in [-0.2, -0.15) is 0 Å². The van der Waals surface area contributed by atoms with Crippen LogP contribution in [0.4, 0.5) is 11.4 Å². The number of benzene rings is 1. The molecule has 0 radical (unpaired) electrons. The predicted octanol–water partition coefficient (Wildman–Crippen LogP) is 4.44. The number of carboxylic acid groups (broad SMARTS) is 1. The van der Waals surface area contributed by atoms with Gasteiger partial charge in [-0.15, -0.1) is 0 Å². The summed E-state index contributed by atoms with van der Waals surface area (Å²) in [5.74, 6) is -1.58. The Morgan fingerprint density at radius 1 is 0.893 bits per heavy atom. The number of para-hydroxylation sites is 1. The van der Waals surface area contributed by atoms with E-state index in [2.05, 4.69) is 5.32 Å². The smallest absolute Gasteiger partial charge is 0.360 e. The highest BCUT2D eigenvalue weighted by atomic mass is 16.6. The lowest BCUT2D eigenvalue weighted by Crippen LogP contribution is -2.40. The summed E-state index contributed by atoms with van der Waals surface area (Å²) in [6.45, 7) is 0. The van der Waals surface area contributed by atoms with Crippen molar-refractivity contribution in [1.29, 1.82) is 0 Å². The summed E-state index contributed by atoms with van der Waals surface area (Å²) >= 11 is 0. The molecule has 1 aromatic carbocycles. The second kappa shape index (κ2) is 10.7. The Bertz CT molecular complexity index is 649. The number of carbonyl (C=O) groups is 1. The van der Waals surface area contributed by atoms with Crippen molar-refractivity contribution >= 4 is 17.3 Å². The topological polar surface area (TPSA) is 136 Å². The second-order valence-electron chi connectivity index (χ2n) is 7.33. The molecule has 2 aliphatic carbocycles. The molecule has 0 unspecified atom stereocenters. The maximum Gasteiger partial charge on any atom is 0.360 e. The van der Waals surface area contributed by atoms with Crippen LogP contribution < -0.4 is 5.32 Å². The SMILES string of the molecule is C1CCC(NC2CCCCC2)CC1.O=C(O)c1cccc([N+](=O)[O-])c1[N+](=O)[O-]. The third-order valence-electron chi connectivity index (χ3n) is 5.31. The van der Waals surface area contributed by atoms with Gasteiger partial charge in [0.25, 0.3) is 0 Å². The summed E-state index contributed by atoms with van der Waals surface area (Å²) in [6, 6.07) is 4.64. The van der Waals surface area contributed by atoms with Crippen molar-refractivity contribution in [2.75, 3.05) is 0 Å². The standard InChI is InChI=1S/C12H23N.C7H4N2O6/c1-3-7-11(8-4-1)13-12-9-5-2-6-10-12;10-7(11)4-2-1-3-5(8(12)13)6(4)9(14)15/h11-13H,1-10H2;1-3H,(H,10,11). The van der Waals surface area contributed by atoms with Gasteiger partial charge in [0, 0.05) is 18.2 Å². The molecule has 0 saturated heterocycles. The average molecular weight is 393 g/mol. The van der Waals surface area contributed by atoms with Crippen molar-refractivity contribution in [1.82, 2.24) is 5.32 Å². The number of nitro groups is 2. The first-order valence-electron chi connectivity index (χ1n) is 9.81. The number of rotatable bonds is 5. The summed E-state index contributed by atoms with van der Waals surface area (Å²) in [4.78, 5) is 29.4. The Morgan fingerprint density at radius 2 is 1.39 bits per heavy atom. The molecule has 0 spiro atoms. The molecule has 2 aliphatic rings. The van der Waals surface area contributed by atoms with Gasteiger partial charge in [0.2, 0.25) is 0 Å². The van der Waals surface area contributed by atoms with E-state index in [0.717, 1.165) is 30.3 Å². The molecule has 0 heterocycles. The molecule has 2 fully saturated rings. The van der Waals surface area contributed by atoms with E-state index < -0.39 is 32.8 Å². The minimum atomic E-state index is -1.58. The highest BCUT2D eigenvalue weighted by molar-refractivity contribution is 5.94. The lowest BCUT2D eigenvalue weighted by molar-refractivity contribution is -0.422. The molecule has 0 bridgehead atoms. The first kappa shape index (κ1) is 21.7. The molecule has 9 heteroatoms. The lowest BCUT2D eigenvalue weighted by atomic mass is 9.91. The minimum absolute atomic E-state index is 0.700. The van der Waals surface area contributed by atoms with E-state index in [9.17, 15) is 25.0 Å². The van der Waals surface area contributed by atoms with E-state index >= 15 is 0 Å². The van der Waals surface area contributed by atoms with Crippen molar-refractivity contribution in [3.63, 3.8) is 0 Å². The van der Waals surface area contributed by atoms with Crippen LogP contribution in [0.5, 0.6) is 0 Å². The Balaban J connectivity index is 0.000000202. The zero-order chi connectivity index (χ0) is 20.5. The summed E-state index contributed by atoms with van der Waals surface area (Å²) in [7, 11) is 0. The van der Waals surface area contributed by atoms with Gasteiger partial charge < -0.3 is 10.4 Å². The van der Waals surface area contributed by atoms with E-state index in [1.165, 1.54) is 64.2 Å². The van der Waals surface area contributed by atoms with Crippen molar-refractivity contribution in [2.45, 2.75) is 76.3 Å². The zero-order valence-electron chi connectivity index (χ0n) is 15.8. The van der Waals surface area contributed by atoms with E-state index in [-0.39, 0.29) is 0 Å². The molecule has 2 saturated carbocycles. The molecule has 154 valence electrons. The van der Waals surface area contributed by atoms with Crippen LogP contribution in [0.25, 0.3) is 0 Å². The van der Waals surface area contributed by atoms with Gasteiger partial charge in [-0.25, -0.2) is 4.79 Å². The Kier molecular flexibility index (Phi) is 8.31. The molecule has 3 rings (SSSR count). The number of carboxylic acids is 1. The van der Waals surface area contributed by atoms with Gasteiger partial charge in [-0.1, -0.05) is 44.6 Å². The van der Waals surface area contributed by atoms with Crippen LogP contribution in [0.1, 0.15) is 74.6 Å². The molecule has 0 atom stereocenters. The molecular formula is C19H27N3O6. The lowest BCUT2D eigenvalue weighted by Gasteiger charge is -2.30. The van der Waals surface area contributed by atoms with E-state index in [4.69, 9.17) is 5.11 Å². The minimum Gasteiger partial charge on any atom is -0.477 e. The van der Waals surface area contributed by atoms with Crippen molar-refractivity contribution in [3.8, 4) is 0 Å². The number of aromatic carboxylic acids is 1. The third kappa shape index (κ3) is 6.26. The van der Waals surface area contributed by atoms with Crippen molar-refractivity contribution in [3.05, 3.63) is 44.0 Å². The number of hydrogen-bond acceptors (Lipinski definition) is 6. The monoisotopic (exact) mass is 393 g/mol. The highest BCUT2D eigenvalue weighted by Gasteiger charge is 2.31. The number of nitrogens with zero attached hydrogens (tertiary/aromatic N) is 2. The highest BCUT2D eigenvalue weighted by Crippen LogP contribution is 2.30. The maximum atomic E-state index is 10.6. The van der Waals surface area contributed by atoms with Gasteiger partial charge in [-0.05, 0) is 31.7 Å². The zero-order valence-corrected chi connectivity index (χ0v) is 15.8. The van der Waals surface area contributed by atoms with Crippen LogP contribution in [0, 0.1) is 20.2 Å². The van der Waals surface area contributed by atoms with Gasteiger partial charge in [0.1, 0.15) is 5.56 Å². The Morgan fingerprint density at radius 3 is 1.79 bits per heavy atom. The number of nitro benzene ring substituents is 2. The fraction of sp³-hybridized carbons (Fsp3) is 0.632. The first-order chi connectivity index (χ1) is 13.4. The number of nitrogens with one attached hydrogen (secondary N) is 1. The molecule has 9 nitrogen and oxygen atoms in total. The van der Waals surface area contributed by atoms with Crippen LogP contribution in [-0.2, 0) is 0 Å². The third-order valence-corrected chi connectivity index (χ3v) is 5.31. The quantitative estimate of drug-likeness (QED) is 0.557. The molecular weight excluding hydrogens is 366 g/mol. The molecule has 0 amide bonds. The molecule has 0 aromatic heterocycles. The van der Waals surface area contributed by atoms with Crippen LogP contribution in [0.15, 0.2) is 18.2 Å². The summed E-state index contributed by atoms with van der Waals surface area (Å²) in [5.41, 5.74) is -2.54. The van der Waals surface area contributed by atoms with E-state index in [1.807, 2.05) is 0 Å². The molecule has 1 aromatic rings. The fourth-order valence-corrected chi connectivity index (χ4v) is 3.91.